The van der Waals surface area contributed by atoms with E-state index in [1.165, 1.54) is 0 Å². The Balaban J connectivity index is 2.13. The molecule has 0 radical (unpaired) electrons. The molecule has 4 heteroatoms. The van der Waals surface area contributed by atoms with E-state index in [2.05, 4.69) is 12.2 Å². The number of hydrogen-bond donors (Lipinski definition) is 2. The van der Waals surface area contributed by atoms with Gasteiger partial charge in [0.05, 0.1) is 0 Å². The van der Waals surface area contributed by atoms with Gasteiger partial charge in [-0.3, -0.25) is 4.79 Å². The van der Waals surface area contributed by atoms with E-state index >= 15 is 0 Å². The molecule has 1 aliphatic rings. The third-order valence-corrected chi connectivity index (χ3v) is 3.59. The number of benzene rings is 1. The number of carbonyl (C=O) groups is 1. The van der Waals surface area contributed by atoms with Crippen molar-refractivity contribution in [1.29, 1.82) is 0 Å². The normalized spacial score (nSPS) is 16.3. The maximum absolute atomic E-state index is 12.6. The molecule has 1 saturated heterocycles. The molecular formula is C15H22N2O2. The molecule has 1 aliphatic heterocycles. The third kappa shape index (κ3) is 3.47. The van der Waals surface area contributed by atoms with Crippen molar-refractivity contribution in [2.24, 2.45) is 0 Å². The maximum atomic E-state index is 12.6. The zero-order valence-electron chi connectivity index (χ0n) is 11.4. The molecular weight excluding hydrogens is 240 g/mol. The lowest BCUT2D eigenvalue weighted by Crippen LogP contribution is -2.46. The molecule has 0 aromatic heterocycles. The van der Waals surface area contributed by atoms with Gasteiger partial charge in [0, 0.05) is 18.2 Å². The second-order valence-corrected chi connectivity index (χ2v) is 5.03. The van der Waals surface area contributed by atoms with Crippen molar-refractivity contribution in [3.63, 3.8) is 0 Å². The molecule has 1 aromatic carbocycles. The van der Waals surface area contributed by atoms with Crippen LogP contribution in [-0.2, 0) is 0 Å². The summed E-state index contributed by atoms with van der Waals surface area (Å²) in [6.45, 7) is 4.85. The van der Waals surface area contributed by atoms with Crippen LogP contribution in [0.1, 0.15) is 36.5 Å². The molecule has 1 aromatic rings. The fourth-order valence-electron chi connectivity index (χ4n) is 2.58. The van der Waals surface area contributed by atoms with Gasteiger partial charge in [-0.05, 0) is 56.6 Å². The number of nitrogens with one attached hydrogen (secondary N) is 1. The fraction of sp³-hybridized carbons (Fsp3) is 0.533. The molecule has 19 heavy (non-hydrogen) atoms. The largest absolute Gasteiger partial charge is 0.508 e. The number of phenols is 1. The summed E-state index contributed by atoms with van der Waals surface area (Å²) in [4.78, 5) is 14.6. The molecule has 4 nitrogen and oxygen atoms in total. The van der Waals surface area contributed by atoms with Gasteiger partial charge in [-0.2, -0.15) is 0 Å². The van der Waals surface area contributed by atoms with Crippen LogP contribution >= 0.6 is 0 Å². The molecule has 0 bridgehead atoms. The summed E-state index contributed by atoms with van der Waals surface area (Å²) in [6.07, 6.45) is 3.00. The number of aromatic hydroxyl groups is 1. The summed E-state index contributed by atoms with van der Waals surface area (Å²) in [5, 5.41) is 12.6. The summed E-state index contributed by atoms with van der Waals surface area (Å²) in [7, 11) is 0. The average Bonchev–Trinajstić information content (AvgIpc) is 2.46. The Morgan fingerprint density at radius 1 is 1.32 bits per heavy atom. The van der Waals surface area contributed by atoms with Crippen molar-refractivity contribution in [3.05, 3.63) is 29.8 Å². The molecule has 0 spiro atoms. The predicted molar refractivity (Wildman–Crippen MR) is 75.3 cm³/mol. The maximum Gasteiger partial charge on any atom is 0.254 e. The molecule has 0 atom stereocenters. The van der Waals surface area contributed by atoms with Gasteiger partial charge in [0.2, 0.25) is 0 Å². The highest BCUT2D eigenvalue weighted by Crippen LogP contribution is 2.18. The van der Waals surface area contributed by atoms with Gasteiger partial charge in [-0.25, -0.2) is 0 Å². The van der Waals surface area contributed by atoms with Crippen LogP contribution in [0.5, 0.6) is 5.75 Å². The van der Waals surface area contributed by atoms with E-state index in [1.807, 2.05) is 4.90 Å². The Bertz CT molecular complexity index is 411. The lowest BCUT2D eigenvalue weighted by molar-refractivity contribution is 0.0642. The summed E-state index contributed by atoms with van der Waals surface area (Å²) in [5.41, 5.74) is 0.657. The summed E-state index contributed by atoms with van der Waals surface area (Å²) >= 11 is 0. The highest BCUT2D eigenvalue weighted by Gasteiger charge is 2.25. The minimum Gasteiger partial charge on any atom is -0.508 e. The third-order valence-electron chi connectivity index (χ3n) is 3.59. The second kappa shape index (κ2) is 6.57. The quantitative estimate of drug-likeness (QED) is 0.872. The van der Waals surface area contributed by atoms with Crippen LogP contribution in [0, 0.1) is 0 Å². The Kier molecular flexibility index (Phi) is 4.80. The van der Waals surface area contributed by atoms with E-state index in [1.54, 1.807) is 24.3 Å². The highest BCUT2D eigenvalue weighted by molar-refractivity contribution is 5.94. The molecule has 0 saturated carbocycles. The SMILES string of the molecule is CCCN(C(=O)c1ccc(O)cc1)C1CCNCC1. The highest BCUT2D eigenvalue weighted by atomic mass is 16.3. The minimum atomic E-state index is 0.0775. The number of hydrogen-bond acceptors (Lipinski definition) is 3. The van der Waals surface area contributed by atoms with Crippen LogP contribution in [0.15, 0.2) is 24.3 Å². The van der Waals surface area contributed by atoms with Crippen LogP contribution in [-0.4, -0.2) is 41.6 Å². The topological polar surface area (TPSA) is 52.6 Å². The van der Waals surface area contributed by atoms with Gasteiger partial charge in [-0.15, -0.1) is 0 Å². The number of amides is 1. The van der Waals surface area contributed by atoms with E-state index in [0.717, 1.165) is 38.9 Å². The first kappa shape index (κ1) is 13.9. The van der Waals surface area contributed by atoms with Crippen LogP contribution in [0.3, 0.4) is 0 Å². The predicted octanol–water partition coefficient (Wildman–Crippen LogP) is 2.00. The number of rotatable bonds is 4. The first-order valence-corrected chi connectivity index (χ1v) is 7.03. The number of nitrogens with zero attached hydrogens (tertiary/aromatic N) is 1. The molecule has 0 aliphatic carbocycles. The van der Waals surface area contributed by atoms with Gasteiger partial charge in [-0.1, -0.05) is 6.92 Å². The first-order valence-electron chi connectivity index (χ1n) is 7.03. The van der Waals surface area contributed by atoms with E-state index in [-0.39, 0.29) is 11.7 Å². The van der Waals surface area contributed by atoms with Crippen LogP contribution in [0.25, 0.3) is 0 Å². The first-order chi connectivity index (χ1) is 9.22. The van der Waals surface area contributed by atoms with E-state index in [4.69, 9.17) is 0 Å². The Morgan fingerprint density at radius 2 is 1.95 bits per heavy atom. The van der Waals surface area contributed by atoms with Gasteiger partial charge >= 0.3 is 0 Å². The number of piperidine rings is 1. The molecule has 1 amide bonds. The average molecular weight is 262 g/mol. The van der Waals surface area contributed by atoms with Crippen LogP contribution < -0.4 is 5.32 Å². The molecule has 2 rings (SSSR count). The molecule has 104 valence electrons. The van der Waals surface area contributed by atoms with Gasteiger partial charge in [0.15, 0.2) is 0 Å². The zero-order chi connectivity index (χ0) is 13.7. The van der Waals surface area contributed by atoms with Crippen LogP contribution in [0.2, 0.25) is 0 Å². The summed E-state index contributed by atoms with van der Waals surface area (Å²) < 4.78 is 0. The summed E-state index contributed by atoms with van der Waals surface area (Å²) in [6, 6.07) is 6.87. The molecule has 1 fully saturated rings. The van der Waals surface area contributed by atoms with E-state index in [0.29, 0.717) is 11.6 Å². The van der Waals surface area contributed by atoms with E-state index < -0.39 is 0 Å². The van der Waals surface area contributed by atoms with Crippen molar-refractivity contribution in [3.8, 4) is 5.75 Å². The number of phenolic OH excluding ortho intramolecular Hbond substituents is 1. The van der Waals surface area contributed by atoms with Crippen molar-refractivity contribution >= 4 is 5.91 Å². The van der Waals surface area contributed by atoms with Gasteiger partial charge in [0.25, 0.3) is 5.91 Å². The Labute approximate surface area is 114 Å². The number of carbonyl (C=O) groups excluding carboxylic acids is 1. The standard InChI is InChI=1S/C15H22N2O2/c1-2-11-17(13-7-9-16-10-8-13)15(19)12-3-5-14(18)6-4-12/h3-6,13,16,18H,2,7-11H2,1H3. The van der Waals surface area contributed by atoms with E-state index in [9.17, 15) is 9.90 Å². The smallest absolute Gasteiger partial charge is 0.254 e. The van der Waals surface area contributed by atoms with Gasteiger partial charge < -0.3 is 15.3 Å². The van der Waals surface area contributed by atoms with Crippen molar-refractivity contribution < 1.29 is 9.90 Å². The Hall–Kier alpha value is -1.55. The van der Waals surface area contributed by atoms with Crippen LogP contribution in [0.4, 0.5) is 0 Å². The second-order valence-electron chi connectivity index (χ2n) is 5.03. The Morgan fingerprint density at radius 3 is 2.53 bits per heavy atom. The molecule has 1 heterocycles. The zero-order valence-corrected chi connectivity index (χ0v) is 11.4. The van der Waals surface area contributed by atoms with Crippen molar-refractivity contribution in [2.45, 2.75) is 32.2 Å². The summed E-state index contributed by atoms with van der Waals surface area (Å²) in [5.74, 6) is 0.272. The van der Waals surface area contributed by atoms with Gasteiger partial charge in [0.1, 0.15) is 5.75 Å². The van der Waals surface area contributed by atoms with Crippen molar-refractivity contribution in [2.75, 3.05) is 19.6 Å². The van der Waals surface area contributed by atoms with Crippen molar-refractivity contribution in [1.82, 2.24) is 10.2 Å². The minimum absolute atomic E-state index is 0.0775. The monoisotopic (exact) mass is 262 g/mol. The molecule has 0 unspecified atom stereocenters. The lowest BCUT2D eigenvalue weighted by Gasteiger charge is -2.34. The molecule has 2 N–H and O–H groups in total. The lowest BCUT2D eigenvalue weighted by atomic mass is 10.0. The fourth-order valence-corrected chi connectivity index (χ4v) is 2.58.